The molecule has 21 heavy (non-hydrogen) atoms. The summed E-state index contributed by atoms with van der Waals surface area (Å²) in [5, 5.41) is 18.8. The van der Waals surface area contributed by atoms with E-state index in [0.29, 0.717) is 17.2 Å². The van der Waals surface area contributed by atoms with Crippen LogP contribution in [0.3, 0.4) is 0 Å². The third kappa shape index (κ3) is 3.94. The number of aliphatic carboxylic acids is 1. The van der Waals surface area contributed by atoms with Crippen molar-refractivity contribution in [1.29, 1.82) is 0 Å². The molecule has 0 radical (unpaired) electrons. The van der Waals surface area contributed by atoms with Gasteiger partial charge in [0.1, 0.15) is 5.82 Å². The number of rotatable bonds is 6. The molecule has 1 aromatic rings. The molecule has 0 aliphatic heterocycles. The number of carbonyl (C=O) groups is 1. The number of hydrogen-bond acceptors (Lipinski definition) is 5. The van der Waals surface area contributed by atoms with Crippen LogP contribution in [0.2, 0.25) is 0 Å². The summed E-state index contributed by atoms with van der Waals surface area (Å²) in [6, 6.07) is 0.387. The van der Waals surface area contributed by atoms with E-state index < -0.39 is 5.97 Å². The molecule has 1 N–H and O–H groups in total. The Hall–Kier alpha value is -0.690. The van der Waals surface area contributed by atoms with Crippen LogP contribution < -0.4 is 0 Å². The Balaban J connectivity index is 2.32. The lowest BCUT2D eigenvalue weighted by atomic mass is 9.94. The monoisotopic (exact) mass is 329 g/mol. The second kappa shape index (κ2) is 7.54. The number of thioether (sulfide) groups is 2. The third-order valence-electron chi connectivity index (χ3n) is 3.83. The van der Waals surface area contributed by atoms with E-state index in [1.165, 1.54) is 31.0 Å². The first-order valence-corrected chi connectivity index (χ1v) is 9.64. The van der Waals surface area contributed by atoms with Crippen LogP contribution >= 0.6 is 23.5 Å². The molecule has 0 aromatic carbocycles. The summed E-state index contributed by atoms with van der Waals surface area (Å²) >= 11 is 3.18. The van der Waals surface area contributed by atoms with Crippen LogP contribution in [-0.4, -0.2) is 43.1 Å². The summed E-state index contributed by atoms with van der Waals surface area (Å²) < 4.78 is 2.22. The number of aromatic nitrogens is 3. The maximum atomic E-state index is 10.8. The molecular formula is C14H23N3O2S2. The Morgan fingerprint density at radius 2 is 2.10 bits per heavy atom. The van der Waals surface area contributed by atoms with Crippen molar-refractivity contribution >= 4 is 29.5 Å². The topological polar surface area (TPSA) is 68.0 Å². The molecular weight excluding hydrogens is 306 g/mol. The summed E-state index contributed by atoms with van der Waals surface area (Å²) in [6.07, 6.45) is 7.00. The molecule has 2 rings (SSSR count). The quantitative estimate of drug-likeness (QED) is 0.807. The molecule has 1 saturated carbocycles. The van der Waals surface area contributed by atoms with Crippen LogP contribution in [0.5, 0.6) is 0 Å². The maximum absolute atomic E-state index is 10.8. The third-order valence-corrected chi connectivity index (χ3v) is 5.92. The number of carboxylic acid groups (broad SMARTS) is 1. The van der Waals surface area contributed by atoms with Gasteiger partial charge in [0, 0.05) is 17.2 Å². The minimum absolute atomic E-state index is 0.0346. The average Bonchev–Trinajstić information content (AvgIpc) is 2.88. The lowest BCUT2D eigenvalue weighted by molar-refractivity contribution is -0.133. The van der Waals surface area contributed by atoms with Crippen molar-refractivity contribution < 1.29 is 9.90 Å². The van der Waals surface area contributed by atoms with Crippen LogP contribution in [0.15, 0.2) is 5.16 Å². The lowest BCUT2D eigenvalue weighted by Crippen LogP contribution is -2.27. The highest BCUT2D eigenvalue weighted by Gasteiger charge is 2.31. The first kappa shape index (κ1) is 16.7. The van der Waals surface area contributed by atoms with Gasteiger partial charge in [-0.25, -0.2) is 0 Å². The van der Waals surface area contributed by atoms with E-state index in [0.717, 1.165) is 17.4 Å². The van der Waals surface area contributed by atoms with E-state index in [1.807, 2.05) is 11.8 Å². The highest BCUT2D eigenvalue weighted by atomic mass is 32.2. The smallest absolute Gasteiger partial charge is 0.313 e. The Bertz CT molecular complexity index is 491. The van der Waals surface area contributed by atoms with Gasteiger partial charge in [0.05, 0.1) is 5.75 Å². The Morgan fingerprint density at radius 1 is 1.38 bits per heavy atom. The van der Waals surface area contributed by atoms with Crippen LogP contribution in [0.25, 0.3) is 0 Å². The van der Waals surface area contributed by atoms with E-state index in [2.05, 4.69) is 34.9 Å². The number of hydrogen-bond donors (Lipinski definition) is 1. The summed E-state index contributed by atoms with van der Waals surface area (Å²) in [6.45, 7) is 4.23. The highest BCUT2D eigenvalue weighted by Crippen LogP contribution is 2.39. The Kier molecular flexibility index (Phi) is 5.98. The predicted molar refractivity (Wildman–Crippen MR) is 87.3 cm³/mol. The second-order valence-corrected chi connectivity index (χ2v) is 7.69. The van der Waals surface area contributed by atoms with Crippen molar-refractivity contribution in [2.24, 2.45) is 0 Å². The van der Waals surface area contributed by atoms with Crippen molar-refractivity contribution in [3.8, 4) is 0 Å². The van der Waals surface area contributed by atoms with Crippen molar-refractivity contribution in [1.82, 2.24) is 14.8 Å². The van der Waals surface area contributed by atoms with Gasteiger partial charge in [-0.15, -0.1) is 10.2 Å². The Labute approximate surface area is 134 Å². The molecule has 118 valence electrons. The summed E-state index contributed by atoms with van der Waals surface area (Å²) in [5.74, 6) is 0.494. The molecule has 1 fully saturated rings. The first-order valence-electron chi connectivity index (χ1n) is 7.36. The van der Waals surface area contributed by atoms with E-state index in [1.54, 1.807) is 0 Å². The molecule has 1 aliphatic carbocycles. The zero-order valence-electron chi connectivity index (χ0n) is 12.8. The van der Waals surface area contributed by atoms with Gasteiger partial charge in [-0.3, -0.25) is 4.79 Å². The highest BCUT2D eigenvalue weighted by molar-refractivity contribution is 7.99. The van der Waals surface area contributed by atoms with Gasteiger partial charge in [-0.2, -0.15) is 11.8 Å². The molecule has 0 bridgehead atoms. The predicted octanol–water partition coefficient (Wildman–Crippen LogP) is 3.42. The average molecular weight is 329 g/mol. The number of nitrogens with zero attached hydrogens (tertiary/aromatic N) is 3. The van der Waals surface area contributed by atoms with Gasteiger partial charge in [0.25, 0.3) is 0 Å². The normalized spacial score (nSPS) is 22.7. The molecule has 0 saturated heterocycles. The van der Waals surface area contributed by atoms with Gasteiger partial charge in [0.15, 0.2) is 5.16 Å². The summed E-state index contributed by atoms with van der Waals surface area (Å²) in [7, 11) is 0. The maximum Gasteiger partial charge on any atom is 0.313 e. The first-order chi connectivity index (χ1) is 10.0. The summed E-state index contributed by atoms with van der Waals surface area (Å²) in [4.78, 5) is 10.8. The minimum Gasteiger partial charge on any atom is -0.481 e. The second-order valence-electron chi connectivity index (χ2n) is 5.67. The van der Waals surface area contributed by atoms with Gasteiger partial charge < -0.3 is 9.67 Å². The van der Waals surface area contributed by atoms with Gasteiger partial charge in [-0.1, -0.05) is 38.5 Å². The Morgan fingerprint density at radius 3 is 2.71 bits per heavy atom. The zero-order valence-corrected chi connectivity index (χ0v) is 14.4. The molecule has 2 unspecified atom stereocenters. The van der Waals surface area contributed by atoms with Crippen molar-refractivity contribution in [3.63, 3.8) is 0 Å². The molecule has 1 aliphatic rings. The van der Waals surface area contributed by atoms with Crippen molar-refractivity contribution in [2.75, 3.05) is 12.0 Å². The van der Waals surface area contributed by atoms with E-state index in [4.69, 9.17) is 5.11 Å². The molecule has 2 atom stereocenters. The standard InChI is InChI=1S/C14H23N3O2S2/c1-9(2)13-15-16-14(21-8-12(18)19)17(13)10-6-4-5-7-11(10)20-3/h9-11H,4-8H2,1-3H3,(H,18,19). The molecule has 5 nitrogen and oxygen atoms in total. The molecule has 0 amide bonds. The van der Waals surface area contributed by atoms with Crippen LogP contribution in [0.4, 0.5) is 0 Å². The molecule has 0 spiro atoms. The zero-order chi connectivity index (χ0) is 15.4. The largest absolute Gasteiger partial charge is 0.481 e. The fourth-order valence-electron chi connectivity index (χ4n) is 2.87. The van der Waals surface area contributed by atoms with E-state index in [-0.39, 0.29) is 5.75 Å². The molecule has 7 heteroatoms. The van der Waals surface area contributed by atoms with Crippen molar-refractivity contribution in [2.45, 2.75) is 61.9 Å². The lowest BCUT2D eigenvalue weighted by Gasteiger charge is -2.33. The van der Waals surface area contributed by atoms with Crippen LogP contribution in [-0.2, 0) is 4.79 Å². The number of carboxylic acids is 1. The van der Waals surface area contributed by atoms with Crippen molar-refractivity contribution in [3.05, 3.63) is 5.82 Å². The summed E-state index contributed by atoms with van der Waals surface area (Å²) in [5.41, 5.74) is 0. The molecule has 1 aromatic heterocycles. The van der Waals surface area contributed by atoms with Gasteiger partial charge >= 0.3 is 5.97 Å². The van der Waals surface area contributed by atoms with Gasteiger partial charge in [-0.05, 0) is 19.1 Å². The van der Waals surface area contributed by atoms with E-state index in [9.17, 15) is 4.79 Å². The van der Waals surface area contributed by atoms with Gasteiger partial charge in [0.2, 0.25) is 0 Å². The SMILES string of the molecule is CSC1CCCCC1n1c(SCC(=O)O)nnc1C(C)C. The van der Waals surface area contributed by atoms with Crippen LogP contribution in [0.1, 0.15) is 57.3 Å². The van der Waals surface area contributed by atoms with Crippen LogP contribution in [0, 0.1) is 0 Å². The minimum atomic E-state index is -0.814. The van der Waals surface area contributed by atoms with E-state index >= 15 is 0 Å². The fraction of sp³-hybridized carbons (Fsp3) is 0.786. The fourth-order valence-corrected chi connectivity index (χ4v) is 4.56. The molecule has 1 heterocycles.